The summed E-state index contributed by atoms with van der Waals surface area (Å²) in [7, 11) is 0. The quantitative estimate of drug-likeness (QED) is 0.812. The highest BCUT2D eigenvalue weighted by molar-refractivity contribution is 6.42. The molecule has 0 heterocycles. The Bertz CT molecular complexity index is 684. The highest BCUT2D eigenvalue weighted by Crippen LogP contribution is 2.33. The summed E-state index contributed by atoms with van der Waals surface area (Å²) in [5.41, 5.74) is 1.27. The zero-order valence-electron chi connectivity index (χ0n) is 12.2. The van der Waals surface area contributed by atoms with Crippen LogP contribution in [0.5, 0.6) is 0 Å². The third kappa shape index (κ3) is 5.08. The first-order chi connectivity index (χ1) is 10.9. The summed E-state index contributed by atoms with van der Waals surface area (Å²) in [4.78, 5) is 12.0. The van der Waals surface area contributed by atoms with Gasteiger partial charge in [-0.05, 0) is 31.2 Å². The van der Waals surface area contributed by atoms with Crippen LogP contribution in [0.15, 0.2) is 36.4 Å². The van der Waals surface area contributed by atoms with Gasteiger partial charge in [0, 0.05) is 10.6 Å². The molecular formula is C16H15Cl3FN2O+. The number of halogens is 4. The van der Waals surface area contributed by atoms with Crippen LogP contribution in [0.2, 0.25) is 15.1 Å². The number of quaternary nitrogens is 1. The molecular weight excluding hydrogens is 362 g/mol. The highest BCUT2D eigenvalue weighted by Gasteiger charge is 2.15. The van der Waals surface area contributed by atoms with Crippen molar-refractivity contribution in [2.24, 2.45) is 0 Å². The zero-order chi connectivity index (χ0) is 17.0. The van der Waals surface area contributed by atoms with Gasteiger partial charge in [-0.1, -0.05) is 46.9 Å². The number of hydrogen-bond donors (Lipinski definition) is 2. The molecule has 0 bridgehead atoms. The molecule has 2 rings (SSSR count). The molecule has 1 amide bonds. The fraction of sp³-hybridized carbons (Fsp3) is 0.188. The molecule has 0 aliphatic heterocycles. The normalized spacial score (nSPS) is 12.0. The van der Waals surface area contributed by atoms with Gasteiger partial charge >= 0.3 is 0 Å². The molecule has 3 nitrogen and oxygen atoms in total. The average Bonchev–Trinajstić information content (AvgIpc) is 2.49. The standard InChI is InChI=1S/C16H14Cl3FN2O/c1-9(10-2-4-12(20)5-3-10)21-8-15(23)22-16-13(18)6-11(17)7-14(16)19/h2-7,9,21H,8H2,1H3,(H,22,23)/p+1/t9-/m1/s1. The number of amides is 1. The SMILES string of the molecule is C[C@@H]([NH2+]CC(=O)Nc1c(Cl)cc(Cl)cc1Cl)c1ccc(F)cc1. The minimum absolute atomic E-state index is 0.0116. The lowest BCUT2D eigenvalue weighted by Gasteiger charge is -2.12. The molecule has 1 atom stereocenters. The molecule has 0 fully saturated rings. The summed E-state index contributed by atoms with van der Waals surface area (Å²) in [6, 6.07) is 9.21. The Morgan fingerprint density at radius 2 is 1.74 bits per heavy atom. The van der Waals surface area contributed by atoms with Gasteiger partial charge in [0.05, 0.1) is 15.7 Å². The van der Waals surface area contributed by atoms with Gasteiger partial charge < -0.3 is 10.6 Å². The molecule has 0 unspecified atom stereocenters. The fourth-order valence-electron chi connectivity index (χ4n) is 2.04. The van der Waals surface area contributed by atoms with E-state index in [4.69, 9.17) is 34.8 Å². The van der Waals surface area contributed by atoms with Crippen molar-refractivity contribution < 1.29 is 14.5 Å². The monoisotopic (exact) mass is 375 g/mol. The molecule has 7 heteroatoms. The van der Waals surface area contributed by atoms with E-state index in [1.54, 1.807) is 12.1 Å². The van der Waals surface area contributed by atoms with E-state index in [0.717, 1.165) is 5.56 Å². The number of rotatable bonds is 5. The maximum atomic E-state index is 12.9. The predicted octanol–water partition coefficient (Wildman–Crippen LogP) is 4.05. The van der Waals surface area contributed by atoms with Crippen molar-refractivity contribution in [3.05, 3.63) is 62.8 Å². The third-order valence-electron chi connectivity index (χ3n) is 3.32. The molecule has 3 N–H and O–H groups in total. The molecule has 0 spiro atoms. The second-order valence-corrected chi connectivity index (χ2v) is 6.32. The molecule has 0 saturated heterocycles. The van der Waals surface area contributed by atoms with Crippen LogP contribution in [0.25, 0.3) is 0 Å². The largest absolute Gasteiger partial charge is 0.333 e. The van der Waals surface area contributed by atoms with Crippen LogP contribution < -0.4 is 10.6 Å². The molecule has 122 valence electrons. The molecule has 0 saturated carbocycles. The van der Waals surface area contributed by atoms with Crippen LogP contribution in [0.1, 0.15) is 18.5 Å². The number of benzene rings is 2. The van der Waals surface area contributed by atoms with Crippen LogP contribution in [-0.4, -0.2) is 12.5 Å². The van der Waals surface area contributed by atoms with Crippen LogP contribution in [0.3, 0.4) is 0 Å². The number of anilines is 1. The van der Waals surface area contributed by atoms with Gasteiger partial charge in [0.2, 0.25) is 0 Å². The predicted molar refractivity (Wildman–Crippen MR) is 91.7 cm³/mol. The smallest absolute Gasteiger partial charge is 0.279 e. The lowest BCUT2D eigenvalue weighted by atomic mass is 10.1. The number of nitrogens with two attached hydrogens (primary N) is 1. The highest BCUT2D eigenvalue weighted by atomic mass is 35.5. The molecule has 0 aliphatic rings. The van der Waals surface area contributed by atoms with Crippen molar-refractivity contribution in [3.63, 3.8) is 0 Å². The van der Waals surface area contributed by atoms with E-state index in [-0.39, 0.29) is 34.4 Å². The maximum Gasteiger partial charge on any atom is 0.279 e. The van der Waals surface area contributed by atoms with Gasteiger partial charge in [0.1, 0.15) is 11.9 Å². The minimum Gasteiger partial charge on any atom is -0.333 e. The van der Waals surface area contributed by atoms with Crippen LogP contribution in [0, 0.1) is 5.82 Å². The van der Waals surface area contributed by atoms with E-state index in [1.165, 1.54) is 24.3 Å². The van der Waals surface area contributed by atoms with E-state index >= 15 is 0 Å². The van der Waals surface area contributed by atoms with Crippen molar-refractivity contribution >= 4 is 46.4 Å². The van der Waals surface area contributed by atoms with Gasteiger partial charge in [0.25, 0.3) is 5.91 Å². The Morgan fingerprint density at radius 1 is 1.17 bits per heavy atom. The van der Waals surface area contributed by atoms with Crippen LogP contribution in [0.4, 0.5) is 10.1 Å². The Balaban J connectivity index is 1.94. The van der Waals surface area contributed by atoms with Gasteiger partial charge in [-0.15, -0.1) is 0 Å². The van der Waals surface area contributed by atoms with Crippen molar-refractivity contribution in [3.8, 4) is 0 Å². The van der Waals surface area contributed by atoms with Gasteiger partial charge in [-0.3, -0.25) is 4.79 Å². The lowest BCUT2D eigenvalue weighted by molar-refractivity contribution is -0.682. The summed E-state index contributed by atoms with van der Waals surface area (Å²) in [5.74, 6) is -0.532. The van der Waals surface area contributed by atoms with Gasteiger partial charge in [-0.2, -0.15) is 0 Å². The third-order valence-corrected chi connectivity index (χ3v) is 4.14. The molecule has 0 aromatic heterocycles. The summed E-state index contributed by atoms with van der Waals surface area (Å²) in [6.07, 6.45) is 0. The molecule has 23 heavy (non-hydrogen) atoms. The van der Waals surface area contributed by atoms with Gasteiger partial charge in [0.15, 0.2) is 6.54 Å². The zero-order valence-corrected chi connectivity index (χ0v) is 14.5. The van der Waals surface area contributed by atoms with Crippen LogP contribution in [-0.2, 0) is 4.79 Å². The first-order valence-electron chi connectivity index (χ1n) is 6.90. The molecule has 0 aliphatic carbocycles. The Morgan fingerprint density at radius 3 is 2.30 bits per heavy atom. The molecule has 2 aromatic rings. The molecule has 2 aromatic carbocycles. The lowest BCUT2D eigenvalue weighted by Crippen LogP contribution is -2.86. The number of carbonyl (C=O) groups excluding carboxylic acids is 1. The Labute approximate surface area is 148 Å². The Hall–Kier alpha value is -1.33. The van der Waals surface area contributed by atoms with Crippen molar-refractivity contribution in [2.45, 2.75) is 13.0 Å². The van der Waals surface area contributed by atoms with Crippen molar-refractivity contribution in [1.82, 2.24) is 0 Å². The number of hydrogen-bond acceptors (Lipinski definition) is 1. The first kappa shape index (κ1) is 18.0. The minimum atomic E-state index is -0.286. The maximum absolute atomic E-state index is 12.9. The Kier molecular flexibility index (Phi) is 6.25. The van der Waals surface area contributed by atoms with E-state index < -0.39 is 0 Å². The van der Waals surface area contributed by atoms with Crippen molar-refractivity contribution in [1.29, 1.82) is 0 Å². The average molecular weight is 377 g/mol. The number of nitrogens with one attached hydrogen (secondary N) is 1. The second-order valence-electron chi connectivity index (χ2n) is 5.07. The summed E-state index contributed by atoms with van der Waals surface area (Å²) < 4.78 is 12.9. The van der Waals surface area contributed by atoms with E-state index in [1.807, 2.05) is 12.2 Å². The van der Waals surface area contributed by atoms with Crippen molar-refractivity contribution in [2.75, 3.05) is 11.9 Å². The fourth-order valence-corrected chi connectivity index (χ4v) is 2.95. The summed E-state index contributed by atoms with van der Waals surface area (Å²) >= 11 is 17.9. The second kappa shape index (κ2) is 7.97. The van der Waals surface area contributed by atoms with E-state index in [9.17, 15) is 9.18 Å². The first-order valence-corrected chi connectivity index (χ1v) is 8.03. The van der Waals surface area contributed by atoms with Gasteiger partial charge in [-0.25, -0.2) is 4.39 Å². The summed E-state index contributed by atoms with van der Waals surface area (Å²) in [5, 5.41) is 5.46. The topological polar surface area (TPSA) is 45.7 Å². The molecule has 0 radical (unpaired) electrons. The summed E-state index contributed by atoms with van der Waals surface area (Å²) in [6.45, 7) is 2.11. The van der Waals surface area contributed by atoms with E-state index in [2.05, 4.69) is 5.32 Å². The van der Waals surface area contributed by atoms with Crippen LogP contribution >= 0.6 is 34.8 Å². The van der Waals surface area contributed by atoms with E-state index in [0.29, 0.717) is 10.7 Å². The number of carbonyl (C=O) groups is 1.